The number of amides is 3. The molecule has 0 bridgehead atoms. The molecule has 38 heavy (non-hydrogen) atoms. The second-order valence-corrected chi connectivity index (χ2v) is 10.1. The monoisotopic (exact) mass is 522 g/mol. The fourth-order valence-corrected chi connectivity index (χ4v) is 4.47. The fourth-order valence-electron chi connectivity index (χ4n) is 4.47. The Bertz CT molecular complexity index is 1200. The van der Waals surface area contributed by atoms with E-state index in [0.29, 0.717) is 5.06 Å². The highest BCUT2D eigenvalue weighted by Gasteiger charge is 2.34. The number of fused-ring (bicyclic) bond motifs is 3. The summed E-state index contributed by atoms with van der Waals surface area (Å²) in [6, 6.07) is 14.6. The van der Waals surface area contributed by atoms with Crippen LogP contribution in [0.2, 0.25) is 0 Å². The maximum atomic E-state index is 12.8. The molecule has 2 aliphatic rings. The third-order valence-corrected chi connectivity index (χ3v) is 6.16. The van der Waals surface area contributed by atoms with Gasteiger partial charge in [0, 0.05) is 18.8 Å². The quantitative estimate of drug-likeness (QED) is 0.411. The van der Waals surface area contributed by atoms with Crippen molar-refractivity contribution in [3.05, 3.63) is 59.7 Å². The van der Waals surface area contributed by atoms with Crippen LogP contribution in [0, 0.1) is 0 Å². The summed E-state index contributed by atoms with van der Waals surface area (Å²) in [5, 5.41) is 2.92. The van der Waals surface area contributed by atoms with Gasteiger partial charge in [0.1, 0.15) is 18.2 Å². The number of hydroxylamine groups is 2. The molecule has 2 aromatic carbocycles. The molecule has 4 rings (SSSR count). The number of nitrogens with zero attached hydrogens (tertiary/aromatic N) is 1. The van der Waals surface area contributed by atoms with E-state index in [4.69, 9.17) is 14.3 Å². The number of nitrogens with one attached hydrogen (secondary N) is 1. The average molecular weight is 523 g/mol. The Morgan fingerprint density at radius 2 is 1.50 bits per heavy atom. The van der Waals surface area contributed by atoms with Crippen molar-refractivity contribution in [1.82, 2.24) is 10.4 Å². The molecule has 0 spiro atoms. The van der Waals surface area contributed by atoms with E-state index < -0.39 is 41.5 Å². The van der Waals surface area contributed by atoms with Gasteiger partial charge in [-0.1, -0.05) is 48.5 Å². The minimum Gasteiger partial charge on any atom is -0.458 e. The number of hydrogen-bond acceptors (Lipinski definition) is 8. The Balaban J connectivity index is 1.39. The maximum Gasteiger partial charge on any atom is 0.407 e. The SMILES string of the molecule is CC(C)(C)OC(=O)[C@@H](CCC(=O)ON1C(=O)CCC1=O)NC(=O)OCC1c2ccccc2-c2ccccc21. The van der Waals surface area contributed by atoms with E-state index in [1.165, 1.54) is 0 Å². The Labute approximate surface area is 220 Å². The van der Waals surface area contributed by atoms with Crippen LogP contribution >= 0.6 is 0 Å². The van der Waals surface area contributed by atoms with Gasteiger partial charge in [-0.25, -0.2) is 14.4 Å². The molecule has 1 saturated heterocycles. The van der Waals surface area contributed by atoms with Crippen molar-refractivity contribution in [2.24, 2.45) is 0 Å². The van der Waals surface area contributed by atoms with Gasteiger partial charge < -0.3 is 19.6 Å². The van der Waals surface area contributed by atoms with E-state index in [9.17, 15) is 24.0 Å². The van der Waals surface area contributed by atoms with Crippen LogP contribution in [-0.2, 0) is 33.5 Å². The lowest BCUT2D eigenvalue weighted by Gasteiger charge is -2.24. The van der Waals surface area contributed by atoms with Crippen molar-refractivity contribution >= 4 is 29.8 Å². The molecule has 0 saturated carbocycles. The van der Waals surface area contributed by atoms with Crippen molar-refractivity contribution in [3.63, 3.8) is 0 Å². The van der Waals surface area contributed by atoms with E-state index in [0.717, 1.165) is 22.3 Å². The highest BCUT2D eigenvalue weighted by Crippen LogP contribution is 2.44. The molecule has 1 N–H and O–H groups in total. The highest BCUT2D eigenvalue weighted by molar-refractivity contribution is 6.01. The number of esters is 1. The van der Waals surface area contributed by atoms with E-state index >= 15 is 0 Å². The second-order valence-electron chi connectivity index (χ2n) is 10.1. The smallest absolute Gasteiger partial charge is 0.407 e. The number of rotatable bonds is 8. The molecule has 1 fully saturated rings. The Hall–Kier alpha value is -4.21. The molecule has 10 heteroatoms. The van der Waals surface area contributed by atoms with Crippen molar-refractivity contribution in [2.45, 2.75) is 64.0 Å². The molecule has 0 aromatic heterocycles. The highest BCUT2D eigenvalue weighted by atomic mass is 16.7. The Kier molecular flexibility index (Phi) is 7.80. The van der Waals surface area contributed by atoms with Gasteiger partial charge in [-0.2, -0.15) is 0 Å². The normalized spacial score (nSPS) is 15.5. The second kappa shape index (κ2) is 11.0. The number of carbonyl (C=O) groups is 5. The van der Waals surface area contributed by atoms with Gasteiger partial charge in [-0.15, -0.1) is 5.06 Å². The summed E-state index contributed by atoms with van der Waals surface area (Å²) in [5.41, 5.74) is 3.40. The van der Waals surface area contributed by atoms with E-state index in [1.807, 2.05) is 48.5 Å². The van der Waals surface area contributed by atoms with Gasteiger partial charge >= 0.3 is 18.0 Å². The summed E-state index contributed by atoms with van der Waals surface area (Å²) in [7, 11) is 0. The molecule has 2 aromatic rings. The first-order valence-electron chi connectivity index (χ1n) is 12.4. The molecule has 10 nitrogen and oxygen atoms in total. The van der Waals surface area contributed by atoms with Gasteiger partial charge in [0.2, 0.25) is 0 Å². The van der Waals surface area contributed by atoms with E-state index in [-0.39, 0.29) is 38.2 Å². The predicted octanol–water partition coefficient (Wildman–Crippen LogP) is 3.62. The standard InChI is InChI=1S/C28H30N2O8/c1-28(2,3)37-26(34)22(12-15-25(33)38-30-23(31)13-14-24(30)32)29-27(35)36-16-21-19-10-6-4-8-17(19)18-9-5-7-11-20(18)21/h4-11,21-22H,12-16H2,1-3H3,(H,29,35)/t22-/m1/s1. The molecular formula is C28H30N2O8. The predicted molar refractivity (Wildman–Crippen MR) is 134 cm³/mol. The Morgan fingerprint density at radius 3 is 2.05 bits per heavy atom. The summed E-state index contributed by atoms with van der Waals surface area (Å²) in [6.45, 7) is 5.07. The van der Waals surface area contributed by atoms with Crippen molar-refractivity contribution < 1.29 is 38.3 Å². The third-order valence-electron chi connectivity index (χ3n) is 6.16. The number of benzene rings is 2. The molecule has 0 unspecified atom stereocenters. The van der Waals surface area contributed by atoms with Crippen molar-refractivity contribution in [3.8, 4) is 11.1 Å². The molecule has 0 radical (unpaired) electrons. The van der Waals surface area contributed by atoms with Gasteiger partial charge in [0.05, 0.1) is 6.42 Å². The maximum absolute atomic E-state index is 12.8. The van der Waals surface area contributed by atoms with E-state index in [1.54, 1.807) is 20.8 Å². The number of ether oxygens (including phenoxy) is 2. The van der Waals surface area contributed by atoms with Gasteiger partial charge in [0.25, 0.3) is 11.8 Å². The summed E-state index contributed by atoms with van der Waals surface area (Å²) in [4.78, 5) is 66.0. The first-order chi connectivity index (χ1) is 18.0. The number of carbonyl (C=O) groups excluding carboxylic acids is 5. The lowest BCUT2D eigenvalue weighted by Crippen LogP contribution is -2.45. The zero-order valence-corrected chi connectivity index (χ0v) is 21.5. The first-order valence-corrected chi connectivity index (χ1v) is 12.4. The lowest BCUT2D eigenvalue weighted by molar-refractivity contribution is -0.197. The zero-order valence-electron chi connectivity index (χ0n) is 21.5. The summed E-state index contributed by atoms with van der Waals surface area (Å²) in [6.07, 6.45) is -1.45. The van der Waals surface area contributed by atoms with Crippen LogP contribution in [-0.4, -0.2) is 53.2 Å². The summed E-state index contributed by atoms with van der Waals surface area (Å²) < 4.78 is 10.9. The van der Waals surface area contributed by atoms with Crippen molar-refractivity contribution in [2.75, 3.05) is 6.61 Å². The van der Waals surface area contributed by atoms with Gasteiger partial charge in [0.15, 0.2) is 0 Å². The van der Waals surface area contributed by atoms with Gasteiger partial charge in [-0.3, -0.25) is 9.59 Å². The molecule has 1 heterocycles. The first kappa shape index (κ1) is 26.8. The molecule has 200 valence electrons. The summed E-state index contributed by atoms with van der Waals surface area (Å²) in [5.74, 6) is -3.03. The van der Waals surface area contributed by atoms with Crippen LogP contribution in [0.4, 0.5) is 4.79 Å². The molecule has 1 aliphatic carbocycles. The Morgan fingerprint density at radius 1 is 0.947 bits per heavy atom. The summed E-state index contributed by atoms with van der Waals surface area (Å²) >= 11 is 0. The molecule has 3 amide bonds. The van der Waals surface area contributed by atoms with Gasteiger partial charge in [-0.05, 0) is 49.4 Å². The van der Waals surface area contributed by atoms with Crippen LogP contribution in [0.3, 0.4) is 0 Å². The molecule has 1 atom stereocenters. The van der Waals surface area contributed by atoms with Crippen LogP contribution in [0.15, 0.2) is 48.5 Å². The van der Waals surface area contributed by atoms with Crippen molar-refractivity contribution in [1.29, 1.82) is 0 Å². The minimum absolute atomic E-state index is 0.0318. The van der Waals surface area contributed by atoms with E-state index in [2.05, 4.69) is 5.32 Å². The topological polar surface area (TPSA) is 128 Å². The van der Waals surface area contributed by atoms with Crippen LogP contribution in [0.5, 0.6) is 0 Å². The number of alkyl carbamates (subject to hydrolysis) is 1. The van der Waals surface area contributed by atoms with Crippen LogP contribution in [0.25, 0.3) is 11.1 Å². The number of imide groups is 1. The fraction of sp³-hybridized carbons (Fsp3) is 0.393. The molecule has 1 aliphatic heterocycles. The largest absolute Gasteiger partial charge is 0.458 e. The molecular weight excluding hydrogens is 492 g/mol. The minimum atomic E-state index is -1.22. The average Bonchev–Trinajstić information content (AvgIpc) is 3.36. The number of hydrogen-bond donors (Lipinski definition) is 1. The van der Waals surface area contributed by atoms with Crippen LogP contribution < -0.4 is 5.32 Å². The zero-order chi connectivity index (χ0) is 27.4. The lowest BCUT2D eigenvalue weighted by atomic mass is 9.98. The third kappa shape index (κ3) is 6.19. The van der Waals surface area contributed by atoms with Crippen LogP contribution in [0.1, 0.15) is 63.5 Å².